The Kier molecular flexibility index (Phi) is 4.36. The van der Waals surface area contributed by atoms with Gasteiger partial charge in [-0.25, -0.2) is 4.98 Å². The van der Waals surface area contributed by atoms with Gasteiger partial charge in [-0.2, -0.15) is 0 Å². The van der Waals surface area contributed by atoms with Gasteiger partial charge in [0.25, 0.3) is 5.91 Å². The minimum Gasteiger partial charge on any atom is -0.496 e. The Morgan fingerprint density at radius 1 is 1.32 bits per heavy atom. The second-order valence-corrected chi connectivity index (χ2v) is 5.22. The number of aromatic nitrogens is 1. The van der Waals surface area contributed by atoms with E-state index >= 15 is 0 Å². The zero-order valence-corrected chi connectivity index (χ0v) is 12.8. The number of amides is 1. The molecule has 1 amide bonds. The highest BCUT2D eigenvalue weighted by atomic mass is 127. The van der Waals surface area contributed by atoms with Gasteiger partial charge < -0.3 is 10.1 Å². The highest BCUT2D eigenvalue weighted by Crippen LogP contribution is 2.23. The average molecular weight is 368 g/mol. The van der Waals surface area contributed by atoms with Crippen molar-refractivity contribution in [1.82, 2.24) is 4.98 Å². The zero-order chi connectivity index (χ0) is 13.8. The van der Waals surface area contributed by atoms with Crippen molar-refractivity contribution in [2.75, 3.05) is 12.4 Å². The minimum atomic E-state index is -0.228. The molecule has 2 rings (SSSR count). The number of benzene rings is 1. The molecule has 0 unspecified atom stereocenters. The smallest absolute Gasteiger partial charge is 0.260 e. The van der Waals surface area contributed by atoms with Crippen LogP contribution in [-0.2, 0) is 0 Å². The van der Waals surface area contributed by atoms with Crippen LogP contribution in [0.15, 0.2) is 36.5 Å². The quantitative estimate of drug-likeness (QED) is 0.847. The first-order valence-electron chi connectivity index (χ1n) is 5.68. The number of ether oxygens (including phenoxy) is 1. The summed E-state index contributed by atoms with van der Waals surface area (Å²) in [4.78, 5) is 16.3. The van der Waals surface area contributed by atoms with Crippen molar-refractivity contribution in [3.8, 4) is 5.75 Å². The molecule has 0 fully saturated rings. The Bertz CT molecular complexity index is 597. The highest BCUT2D eigenvalue weighted by Gasteiger charge is 2.14. The van der Waals surface area contributed by atoms with Gasteiger partial charge in [-0.1, -0.05) is 12.1 Å². The molecule has 1 heterocycles. The summed E-state index contributed by atoms with van der Waals surface area (Å²) in [6.07, 6.45) is 1.70. The molecule has 1 aromatic heterocycles. The number of methoxy groups -OCH3 is 1. The highest BCUT2D eigenvalue weighted by molar-refractivity contribution is 14.1. The molecule has 1 N–H and O–H groups in total. The molecule has 0 saturated carbocycles. The molecule has 0 radical (unpaired) electrons. The third-order valence-electron chi connectivity index (χ3n) is 2.63. The number of pyridine rings is 1. The average Bonchev–Trinajstić information content (AvgIpc) is 2.41. The number of carbonyl (C=O) groups excluding carboxylic acids is 1. The fourth-order valence-electron chi connectivity index (χ4n) is 1.74. The lowest BCUT2D eigenvalue weighted by atomic mass is 10.1. The van der Waals surface area contributed by atoms with Gasteiger partial charge in [0, 0.05) is 9.77 Å². The van der Waals surface area contributed by atoms with Crippen molar-refractivity contribution >= 4 is 34.3 Å². The summed E-state index contributed by atoms with van der Waals surface area (Å²) in [5.41, 5.74) is 1.42. The number of aryl methyl sites for hydroxylation is 1. The maximum absolute atomic E-state index is 12.2. The summed E-state index contributed by atoms with van der Waals surface area (Å²) in [6.45, 7) is 1.90. The van der Waals surface area contributed by atoms with E-state index in [0.717, 1.165) is 9.13 Å². The van der Waals surface area contributed by atoms with Gasteiger partial charge in [-0.05, 0) is 53.3 Å². The van der Waals surface area contributed by atoms with Gasteiger partial charge in [0.1, 0.15) is 11.6 Å². The van der Waals surface area contributed by atoms with E-state index in [-0.39, 0.29) is 5.91 Å². The number of hydrogen-bond donors (Lipinski definition) is 1. The van der Waals surface area contributed by atoms with Crippen LogP contribution in [0.25, 0.3) is 0 Å². The summed E-state index contributed by atoms with van der Waals surface area (Å²) in [6, 6.07) is 9.11. The molecule has 2 aromatic rings. The molecule has 1 aromatic carbocycles. The van der Waals surface area contributed by atoms with Crippen molar-refractivity contribution in [3.05, 3.63) is 51.2 Å². The van der Waals surface area contributed by atoms with Crippen LogP contribution in [0.4, 0.5) is 5.82 Å². The molecule has 0 aliphatic rings. The summed E-state index contributed by atoms with van der Waals surface area (Å²) in [5.74, 6) is 0.883. The number of carbonyl (C=O) groups is 1. The number of nitrogens with zero attached hydrogens (tertiary/aromatic N) is 1. The molecule has 0 atom stereocenters. The van der Waals surface area contributed by atoms with Gasteiger partial charge in [0.15, 0.2) is 0 Å². The first-order chi connectivity index (χ1) is 9.11. The lowest BCUT2D eigenvalue weighted by molar-refractivity contribution is 0.102. The van der Waals surface area contributed by atoms with Crippen LogP contribution < -0.4 is 10.1 Å². The van der Waals surface area contributed by atoms with Crippen molar-refractivity contribution in [1.29, 1.82) is 0 Å². The standard InChI is InChI=1S/C14H13IN2O2/c1-9-4-3-5-11(13(9)19-2)14(18)17-12-7-6-10(15)8-16-12/h3-8H,1-2H3,(H,16,17,18). The fraction of sp³-hybridized carbons (Fsp3) is 0.143. The van der Waals surface area contributed by atoms with Crippen molar-refractivity contribution in [2.45, 2.75) is 6.92 Å². The van der Waals surface area contributed by atoms with Gasteiger partial charge in [-0.3, -0.25) is 4.79 Å². The van der Waals surface area contributed by atoms with E-state index in [4.69, 9.17) is 4.74 Å². The Hall–Kier alpha value is -1.63. The topological polar surface area (TPSA) is 51.2 Å². The Morgan fingerprint density at radius 2 is 2.11 bits per heavy atom. The van der Waals surface area contributed by atoms with Crippen LogP contribution in [0.3, 0.4) is 0 Å². The van der Waals surface area contributed by atoms with Crippen LogP contribution in [0.5, 0.6) is 5.75 Å². The Morgan fingerprint density at radius 3 is 2.74 bits per heavy atom. The molecule has 0 spiro atoms. The molecule has 4 nitrogen and oxygen atoms in total. The number of nitrogens with one attached hydrogen (secondary N) is 1. The predicted octanol–water partition coefficient (Wildman–Crippen LogP) is 3.26. The maximum Gasteiger partial charge on any atom is 0.260 e. The number of para-hydroxylation sites is 1. The molecule has 5 heteroatoms. The van der Waals surface area contributed by atoms with Gasteiger partial charge in [-0.15, -0.1) is 0 Å². The number of rotatable bonds is 3. The summed E-state index contributed by atoms with van der Waals surface area (Å²) < 4.78 is 6.29. The van der Waals surface area contributed by atoms with E-state index in [0.29, 0.717) is 17.1 Å². The SMILES string of the molecule is COc1c(C)cccc1C(=O)Nc1ccc(I)cn1. The third kappa shape index (κ3) is 3.23. The third-order valence-corrected chi connectivity index (χ3v) is 3.27. The molecule has 0 aliphatic heterocycles. The minimum absolute atomic E-state index is 0.228. The molecular formula is C14H13IN2O2. The largest absolute Gasteiger partial charge is 0.496 e. The Balaban J connectivity index is 2.25. The van der Waals surface area contributed by atoms with Crippen molar-refractivity contribution < 1.29 is 9.53 Å². The van der Waals surface area contributed by atoms with E-state index in [1.807, 2.05) is 25.1 Å². The van der Waals surface area contributed by atoms with E-state index in [1.54, 1.807) is 25.4 Å². The molecule has 0 saturated heterocycles. The summed E-state index contributed by atoms with van der Waals surface area (Å²) in [7, 11) is 1.56. The fourth-order valence-corrected chi connectivity index (χ4v) is 2.05. The lowest BCUT2D eigenvalue weighted by Crippen LogP contribution is -2.14. The van der Waals surface area contributed by atoms with Crippen LogP contribution in [-0.4, -0.2) is 18.0 Å². The lowest BCUT2D eigenvalue weighted by Gasteiger charge is -2.11. The molecule has 98 valence electrons. The number of hydrogen-bond acceptors (Lipinski definition) is 3. The van der Waals surface area contributed by atoms with E-state index in [2.05, 4.69) is 32.9 Å². The number of halogens is 1. The van der Waals surface area contributed by atoms with Gasteiger partial charge >= 0.3 is 0 Å². The second-order valence-electron chi connectivity index (χ2n) is 3.97. The maximum atomic E-state index is 12.2. The molecular weight excluding hydrogens is 355 g/mol. The molecule has 19 heavy (non-hydrogen) atoms. The summed E-state index contributed by atoms with van der Waals surface area (Å²) in [5, 5.41) is 2.75. The van der Waals surface area contributed by atoms with Gasteiger partial charge in [0.2, 0.25) is 0 Å². The predicted molar refractivity (Wildman–Crippen MR) is 82.6 cm³/mol. The van der Waals surface area contributed by atoms with E-state index in [1.165, 1.54) is 0 Å². The van der Waals surface area contributed by atoms with Crippen molar-refractivity contribution in [2.24, 2.45) is 0 Å². The Labute approximate surface area is 125 Å². The van der Waals surface area contributed by atoms with E-state index in [9.17, 15) is 4.79 Å². The first-order valence-corrected chi connectivity index (χ1v) is 6.76. The van der Waals surface area contributed by atoms with E-state index < -0.39 is 0 Å². The first kappa shape index (κ1) is 13.8. The normalized spacial score (nSPS) is 10.1. The number of anilines is 1. The van der Waals surface area contributed by atoms with Crippen LogP contribution in [0.2, 0.25) is 0 Å². The molecule has 0 bridgehead atoms. The molecule has 0 aliphatic carbocycles. The summed E-state index contributed by atoms with van der Waals surface area (Å²) >= 11 is 2.16. The monoisotopic (exact) mass is 368 g/mol. The second kappa shape index (κ2) is 6.01. The van der Waals surface area contributed by atoms with Crippen LogP contribution in [0.1, 0.15) is 15.9 Å². The van der Waals surface area contributed by atoms with Crippen LogP contribution in [0, 0.1) is 10.5 Å². The van der Waals surface area contributed by atoms with Crippen molar-refractivity contribution in [3.63, 3.8) is 0 Å². The van der Waals surface area contributed by atoms with Crippen LogP contribution >= 0.6 is 22.6 Å². The van der Waals surface area contributed by atoms with Gasteiger partial charge in [0.05, 0.1) is 12.7 Å². The zero-order valence-electron chi connectivity index (χ0n) is 10.6.